The van der Waals surface area contributed by atoms with E-state index in [1.807, 2.05) is 23.6 Å². The molecular formula is C16H15N5O2S. The molecule has 1 saturated carbocycles. The maximum absolute atomic E-state index is 5.71. The van der Waals surface area contributed by atoms with Crippen LogP contribution in [0.2, 0.25) is 0 Å². The van der Waals surface area contributed by atoms with Crippen LogP contribution in [0.15, 0.2) is 35.2 Å². The van der Waals surface area contributed by atoms with Crippen molar-refractivity contribution < 1.29 is 9.47 Å². The molecule has 7 nitrogen and oxygen atoms in total. The lowest BCUT2D eigenvalue weighted by Gasteiger charge is -2.10. The molecule has 2 aromatic heterocycles. The number of nitrogens with one attached hydrogen (secondary N) is 1. The van der Waals surface area contributed by atoms with E-state index < -0.39 is 0 Å². The largest absolute Gasteiger partial charge is 0.497 e. The molecule has 0 amide bonds. The highest BCUT2D eigenvalue weighted by atomic mass is 32.1. The van der Waals surface area contributed by atoms with Gasteiger partial charge in [0.05, 0.1) is 12.6 Å². The number of hydrogen-bond donors (Lipinski definition) is 1. The molecule has 1 N–H and O–H groups in total. The summed E-state index contributed by atoms with van der Waals surface area (Å²) in [6, 6.07) is 7.46. The number of rotatable bonds is 6. The van der Waals surface area contributed by atoms with Crippen LogP contribution in [-0.4, -0.2) is 27.3 Å². The molecule has 1 fully saturated rings. The predicted octanol–water partition coefficient (Wildman–Crippen LogP) is 3.75. The van der Waals surface area contributed by atoms with Gasteiger partial charge in [0, 0.05) is 17.4 Å². The molecule has 0 spiro atoms. The lowest BCUT2D eigenvalue weighted by atomic mass is 10.3. The van der Waals surface area contributed by atoms with E-state index in [-0.39, 0.29) is 6.01 Å². The van der Waals surface area contributed by atoms with Crippen molar-refractivity contribution in [3.05, 3.63) is 40.8 Å². The summed E-state index contributed by atoms with van der Waals surface area (Å²) < 4.78 is 10.9. The van der Waals surface area contributed by atoms with Crippen molar-refractivity contribution in [2.45, 2.75) is 18.8 Å². The zero-order valence-electron chi connectivity index (χ0n) is 13.0. The van der Waals surface area contributed by atoms with Gasteiger partial charge in [-0.25, -0.2) is 4.98 Å². The lowest BCUT2D eigenvalue weighted by Crippen LogP contribution is -2.05. The molecule has 8 heteroatoms. The van der Waals surface area contributed by atoms with Gasteiger partial charge in [0.1, 0.15) is 23.0 Å². The van der Waals surface area contributed by atoms with Crippen LogP contribution >= 0.6 is 11.3 Å². The minimum absolute atomic E-state index is 0.186. The molecule has 0 saturated heterocycles. The molecule has 0 atom stereocenters. The van der Waals surface area contributed by atoms with E-state index in [2.05, 4.69) is 25.5 Å². The van der Waals surface area contributed by atoms with E-state index in [4.69, 9.17) is 9.47 Å². The van der Waals surface area contributed by atoms with Crippen molar-refractivity contribution in [1.29, 1.82) is 0 Å². The Morgan fingerprint density at radius 1 is 1.21 bits per heavy atom. The SMILES string of the molecule is COc1cccc(Oc2nnc(C3CC3)c(Nc3cscn3)n2)c1. The second-order valence-corrected chi connectivity index (χ2v) is 6.10. The molecule has 0 bridgehead atoms. The van der Waals surface area contributed by atoms with Gasteiger partial charge in [-0.2, -0.15) is 4.98 Å². The van der Waals surface area contributed by atoms with E-state index in [0.29, 0.717) is 23.2 Å². The van der Waals surface area contributed by atoms with E-state index in [1.54, 1.807) is 18.7 Å². The number of benzene rings is 1. The first-order valence-electron chi connectivity index (χ1n) is 7.53. The summed E-state index contributed by atoms with van der Waals surface area (Å²) in [6.07, 6.45) is 2.22. The fourth-order valence-electron chi connectivity index (χ4n) is 2.25. The van der Waals surface area contributed by atoms with Gasteiger partial charge in [-0.05, 0) is 25.0 Å². The Balaban J connectivity index is 1.61. The molecule has 0 aliphatic heterocycles. The molecule has 1 aliphatic rings. The molecule has 122 valence electrons. The number of anilines is 2. The normalized spacial score (nSPS) is 13.5. The molecule has 0 radical (unpaired) electrons. The van der Waals surface area contributed by atoms with E-state index in [9.17, 15) is 0 Å². The Hall–Kier alpha value is -2.74. The second-order valence-electron chi connectivity index (χ2n) is 5.38. The Morgan fingerprint density at radius 2 is 2.08 bits per heavy atom. The lowest BCUT2D eigenvalue weighted by molar-refractivity contribution is 0.402. The van der Waals surface area contributed by atoms with Gasteiger partial charge in [-0.1, -0.05) is 11.2 Å². The molecule has 24 heavy (non-hydrogen) atoms. The fraction of sp³-hybridized carbons (Fsp3) is 0.250. The number of ether oxygens (including phenoxy) is 2. The average molecular weight is 341 g/mol. The molecule has 0 unspecified atom stereocenters. The zero-order chi connectivity index (χ0) is 16.4. The number of thiazole rings is 1. The predicted molar refractivity (Wildman–Crippen MR) is 90.3 cm³/mol. The minimum Gasteiger partial charge on any atom is -0.497 e. The number of nitrogens with zero attached hydrogens (tertiary/aromatic N) is 4. The highest BCUT2D eigenvalue weighted by molar-refractivity contribution is 7.07. The smallest absolute Gasteiger partial charge is 0.343 e. The summed E-state index contributed by atoms with van der Waals surface area (Å²) in [5, 5.41) is 13.5. The number of hydrogen-bond acceptors (Lipinski definition) is 8. The fourth-order valence-corrected chi connectivity index (χ4v) is 2.74. The van der Waals surface area contributed by atoms with Crippen molar-refractivity contribution in [2.24, 2.45) is 0 Å². The van der Waals surface area contributed by atoms with Crippen LogP contribution in [0.5, 0.6) is 17.5 Å². The number of aromatic nitrogens is 4. The Kier molecular flexibility index (Phi) is 3.96. The topological polar surface area (TPSA) is 82.0 Å². The average Bonchev–Trinajstić information content (AvgIpc) is 3.32. The van der Waals surface area contributed by atoms with Gasteiger partial charge in [0.2, 0.25) is 0 Å². The van der Waals surface area contributed by atoms with Crippen molar-refractivity contribution >= 4 is 23.0 Å². The summed E-state index contributed by atoms with van der Waals surface area (Å²) in [6.45, 7) is 0. The van der Waals surface area contributed by atoms with Gasteiger partial charge in [-0.15, -0.1) is 16.4 Å². The summed E-state index contributed by atoms with van der Waals surface area (Å²) in [5.74, 6) is 3.11. The van der Waals surface area contributed by atoms with Gasteiger partial charge >= 0.3 is 6.01 Å². The molecule has 2 heterocycles. The van der Waals surface area contributed by atoms with E-state index in [0.717, 1.165) is 24.4 Å². The van der Waals surface area contributed by atoms with Crippen molar-refractivity contribution in [1.82, 2.24) is 20.2 Å². The van der Waals surface area contributed by atoms with Crippen LogP contribution < -0.4 is 14.8 Å². The summed E-state index contributed by atoms with van der Waals surface area (Å²) in [5.41, 5.74) is 2.63. The minimum atomic E-state index is 0.186. The highest BCUT2D eigenvalue weighted by Crippen LogP contribution is 2.42. The third kappa shape index (κ3) is 3.28. The third-order valence-electron chi connectivity index (χ3n) is 3.59. The summed E-state index contributed by atoms with van der Waals surface area (Å²) in [7, 11) is 1.61. The van der Waals surface area contributed by atoms with Crippen molar-refractivity contribution in [3.63, 3.8) is 0 Å². The van der Waals surface area contributed by atoms with Gasteiger partial charge < -0.3 is 14.8 Å². The maximum atomic E-state index is 5.71. The molecule has 1 aromatic carbocycles. The second kappa shape index (κ2) is 6.40. The Morgan fingerprint density at radius 3 is 2.83 bits per heavy atom. The zero-order valence-corrected chi connectivity index (χ0v) is 13.8. The quantitative estimate of drug-likeness (QED) is 0.731. The molecule has 1 aliphatic carbocycles. The first-order valence-corrected chi connectivity index (χ1v) is 8.48. The van der Waals surface area contributed by atoms with Crippen LogP contribution in [0.25, 0.3) is 0 Å². The third-order valence-corrected chi connectivity index (χ3v) is 4.17. The monoisotopic (exact) mass is 341 g/mol. The van der Waals surface area contributed by atoms with Crippen molar-refractivity contribution in [2.75, 3.05) is 12.4 Å². The van der Waals surface area contributed by atoms with Crippen LogP contribution in [-0.2, 0) is 0 Å². The maximum Gasteiger partial charge on any atom is 0.343 e. The van der Waals surface area contributed by atoms with E-state index in [1.165, 1.54) is 11.3 Å². The highest BCUT2D eigenvalue weighted by Gasteiger charge is 2.30. The standard InChI is InChI=1S/C16H15N5O2S/c1-22-11-3-2-4-12(7-11)23-16-19-15(18-13-8-24-9-17-13)14(20-21-16)10-5-6-10/h2-4,7-10H,5-6H2,1H3,(H,18,19,21). The first-order chi connectivity index (χ1) is 11.8. The van der Waals surface area contributed by atoms with Gasteiger partial charge in [0.25, 0.3) is 0 Å². The van der Waals surface area contributed by atoms with Crippen LogP contribution in [0.1, 0.15) is 24.5 Å². The molecular weight excluding hydrogens is 326 g/mol. The Bertz CT molecular complexity index is 836. The van der Waals surface area contributed by atoms with Gasteiger partial charge in [-0.3, -0.25) is 0 Å². The van der Waals surface area contributed by atoms with Crippen LogP contribution in [0.4, 0.5) is 11.6 Å². The van der Waals surface area contributed by atoms with Crippen LogP contribution in [0, 0.1) is 0 Å². The van der Waals surface area contributed by atoms with E-state index >= 15 is 0 Å². The van der Waals surface area contributed by atoms with Crippen molar-refractivity contribution in [3.8, 4) is 17.5 Å². The first kappa shape index (κ1) is 14.8. The Labute approximate surface area is 142 Å². The molecule has 4 rings (SSSR count). The van der Waals surface area contributed by atoms with Crippen LogP contribution in [0.3, 0.4) is 0 Å². The van der Waals surface area contributed by atoms with Gasteiger partial charge in [0.15, 0.2) is 5.82 Å². The summed E-state index contributed by atoms with van der Waals surface area (Å²) >= 11 is 1.52. The summed E-state index contributed by atoms with van der Waals surface area (Å²) in [4.78, 5) is 8.71. The number of methoxy groups -OCH3 is 1. The molecule has 3 aromatic rings.